The first-order valence-electron chi connectivity index (χ1n) is 6.07. The highest BCUT2D eigenvalue weighted by molar-refractivity contribution is 5.94. The number of nitrogen functional groups attached to an aromatic ring is 1. The second kappa shape index (κ2) is 5.35. The van der Waals surface area contributed by atoms with Crippen LogP contribution in [0.2, 0.25) is 0 Å². The lowest BCUT2D eigenvalue weighted by Gasteiger charge is -2.28. The third kappa shape index (κ3) is 2.98. The molecule has 1 amide bonds. The van der Waals surface area contributed by atoms with Crippen molar-refractivity contribution < 1.29 is 13.9 Å². The molecule has 3 N–H and O–H groups in total. The largest absolute Gasteiger partial charge is 0.396 e. The van der Waals surface area contributed by atoms with Gasteiger partial charge in [0.2, 0.25) is 0 Å². The maximum absolute atomic E-state index is 13.0. The standard InChI is InChI=1S/C13H17FN2O2/c1-8(18-10-3-2-4-10)13(17)16-9-5-6-11(14)12(15)7-9/h5-8,10H,2-4,15H2,1H3,(H,16,17). The van der Waals surface area contributed by atoms with Crippen LogP contribution in [0.5, 0.6) is 0 Å². The maximum atomic E-state index is 13.0. The molecule has 1 atom stereocenters. The SMILES string of the molecule is CC(OC1CCC1)C(=O)Nc1ccc(F)c(N)c1. The highest BCUT2D eigenvalue weighted by Crippen LogP contribution is 2.23. The van der Waals surface area contributed by atoms with Gasteiger partial charge in [0.05, 0.1) is 11.8 Å². The number of carbonyl (C=O) groups is 1. The van der Waals surface area contributed by atoms with Crippen molar-refractivity contribution in [3.63, 3.8) is 0 Å². The van der Waals surface area contributed by atoms with Crippen LogP contribution in [0.15, 0.2) is 18.2 Å². The van der Waals surface area contributed by atoms with Crippen molar-refractivity contribution in [2.75, 3.05) is 11.1 Å². The normalized spacial score (nSPS) is 17.0. The molecule has 4 nitrogen and oxygen atoms in total. The average molecular weight is 252 g/mol. The summed E-state index contributed by atoms with van der Waals surface area (Å²) in [5, 5.41) is 2.65. The number of anilines is 2. The van der Waals surface area contributed by atoms with Gasteiger partial charge in [0.1, 0.15) is 11.9 Å². The van der Waals surface area contributed by atoms with Gasteiger partial charge < -0.3 is 15.8 Å². The van der Waals surface area contributed by atoms with E-state index in [1.807, 2.05) is 0 Å². The Morgan fingerprint density at radius 1 is 1.56 bits per heavy atom. The third-order valence-corrected chi connectivity index (χ3v) is 3.08. The number of rotatable bonds is 4. The van der Waals surface area contributed by atoms with E-state index >= 15 is 0 Å². The fourth-order valence-electron chi connectivity index (χ4n) is 1.72. The van der Waals surface area contributed by atoms with Crippen LogP contribution in [0.1, 0.15) is 26.2 Å². The number of ether oxygens (including phenoxy) is 1. The molecule has 0 radical (unpaired) electrons. The zero-order valence-electron chi connectivity index (χ0n) is 10.3. The van der Waals surface area contributed by atoms with Gasteiger partial charge in [-0.1, -0.05) is 0 Å². The van der Waals surface area contributed by atoms with Crippen LogP contribution in [-0.4, -0.2) is 18.1 Å². The molecule has 98 valence electrons. The Morgan fingerprint density at radius 3 is 2.83 bits per heavy atom. The van der Waals surface area contributed by atoms with Crippen molar-refractivity contribution in [2.24, 2.45) is 0 Å². The van der Waals surface area contributed by atoms with Crippen molar-refractivity contribution in [3.05, 3.63) is 24.0 Å². The molecule has 0 aliphatic heterocycles. The number of carbonyl (C=O) groups excluding carboxylic acids is 1. The number of hydrogen-bond donors (Lipinski definition) is 2. The molecule has 0 aromatic heterocycles. The van der Waals surface area contributed by atoms with Crippen molar-refractivity contribution in [3.8, 4) is 0 Å². The van der Waals surface area contributed by atoms with Crippen LogP contribution in [0, 0.1) is 5.82 Å². The fourth-order valence-corrected chi connectivity index (χ4v) is 1.72. The first kappa shape index (κ1) is 12.8. The number of benzene rings is 1. The molecule has 1 aliphatic rings. The summed E-state index contributed by atoms with van der Waals surface area (Å²) in [7, 11) is 0. The van der Waals surface area contributed by atoms with E-state index in [4.69, 9.17) is 10.5 Å². The number of halogens is 1. The molecule has 0 spiro atoms. The van der Waals surface area contributed by atoms with E-state index in [1.165, 1.54) is 18.2 Å². The van der Waals surface area contributed by atoms with Gasteiger partial charge in [0, 0.05) is 5.69 Å². The highest BCUT2D eigenvalue weighted by Gasteiger charge is 2.24. The monoisotopic (exact) mass is 252 g/mol. The van der Waals surface area contributed by atoms with Crippen LogP contribution >= 0.6 is 0 Å². The van der Waals surface area contributed by atoms with Crippen LogP contribution in [0.4, 0.5) is 15.8 Å². The zero-order valence-corrected chi connectivity index (χ0v) is 10.3. The summed E-state index contributed by atoms with van der Waals surface area (Å²) in [6.07, 6.45) is 2.88. The molecule has 1 aliphatic carbocycles. The van der Waals surface area contributed by atoms with E-state index in [0.717, 1.165) is 19.3 Å². The fraction of sp³-hybridized carbons (Fsp3) is 0.462. The Kier molecular flexibility index (Phi) is 3.81. The molecule has 2 rings (SSSR count). The Balaban J connectivity index is 1.90. The molecular weight excluding hydrogens is 235 g/mol. The zero-order chi connectivity index (χ0) is 13.1. The molecule has 1 aromatic rings. The van der Waals surface area contributed by atoms with Crippen molar-refractivity contribution >= 4 is 17.3 Å². The van der Waals surface area contributed by atoms with E-state index in [9.17, 15) is 9.18 Å². The van der Waals surface area contributed by atoms with Crippen LogP contribution in [0.3, 0.4) is 0 Å². The number of hydrogen-bond acceptors (Lipinski definition) is 3. The predicted octanol–water partition coefficient (Wildman–Crippen LogP) is 2.30. The van der Waals surface area contributed by atoms with Gasteiger partial charge in [-0.25, -0.2) is 4.39 Å². The minimum Gasteiger partial charge on any atom is -0.396 e. The average Bonchev–Trinajstić information content (AvgIpc) is 2.28. The lowest BCUT2D eigenvalue weighted by molar-refractivity contribution is -0.133. The van der Waals surface area contributed by atoms with E-state index in [-0.39, 0.29) is 17.7 Å². The van der Waals surface area contributed by atoms with Gasteiger partial charge >= 0.3 is 0 Å². The Morgan fingerprint density at radius 2 is 2.28 bits per heavy atom. The predicted molar refractivity (Wildman–Crippen MR) is 67.6 cm³/mol. The minimum absolute atomic E-state index is 0.0142. The molecule has 0 bridgehead atoms. The third-order valence-electron chi connectivity index (χ3n) is 3.08. The number of amides is 1. The van der Waals surface area contributed by atoms with Crippen LogP contribution in [-0.2, 0) is 9.53 Å². The van der Waals surface area contributed by atoms with Gasteiger partial charge in [0.25, 0.3) is 5.91 Å². The summed E-state index contributed by atoms with van der Waals surface area (Å²) in [5.74, 6) is -0.736. The topological polar surface area (TPSA) is 64.3 Å². The smallest absolute Gasteiger partial charge is 0.253 e. The van der Waals surface area contributed by atoms with Crippen molar-refractivity contribution in [1.29, 1.82) is 0 Å². The molecule has 0 heterocycles. The number of nitrogens with one attached hydrogen (secondary N) is 1. The van der Waals surface area contributed by atoms with Crippen molar-refractivity contribution in [1.82, 2.24) is 0 Å². The van der Waals surface area contributed by atoms with E-state index < -0.39 is 11.9 Å². The van der Waals surface area contributed by atoms with Gasteiger partial charge in [-0.05, 0) is 44.4 Å². The highest BCUT2D eigenvalue weighted by atomic mass is 19.1. The van der Waals surface area contributed by atoms with E-state index in [2.05, 4.69) is 5.32 Å². The van der Waals surface area contributed by atoms with E-state index in [1.54, 1.807) is 6.92 Å². The summed E-state index contributed by atoms with van der Waals surface area (Å²) >= 11 is 0. The van der Waals surface area contributed by atoms with Crippen LogP contribution < -0.4 is 11.1 Å². The lowest BCUT2D eigenvalue weighted by atomic mass is 9.96. The van der Waals surface area contributed by atoms with Crippen LogP contribution in [0.25, 0.3) is 0 Å². The number of nitrogens with two attached hydrogens (primary N) is 1. The molecule has 18 heavy (non-hydrogen) atoms. The van der Waals surface area contributed by atoms with E-state index in [0.29, 0.717) is 5.69 Å². The molecule has 1 saturated carbocycles. The Bertz CT molecular complexity index is 447. The first-order valence-corrected chi connectivity index (χ1v) is 6.07. The molecule has 1 aromatic carbocycles. The van der Waals surface area contributed by atoms with Gasteiger partial charge in [-0.15, -0.1) is 0 Å². The quantitative estimate of drug-likeness (QED) is 0.808. The summed E-state index contributed by atoms with van der Waals surface area (Å²) in [6, 6.07) is 4.09. The molecule has 0 saturated heterocycles. The second-order valence-corrected chi connectivity index (χ2v) is 4.56. The molecule has 1 unspecified atom stereocenters. The summed E-state index contributed by atoms with van der Waals surface area (Å²) in [5.41, 5.74) is 5.92. The summed E-state index contributed by atoms with van der Waals surface area (Å²) in [4.78, 5) is 11.8. The minimum atomic E-state index is -0.512. The Hall–Kier alpha value is -1.62. The molecule has 5 heteroatoms. The molecule has 1 fully saturated rings. The Labute approximate surface area is 105 Å². The van der Waals surface area contributed by atoms with Gasteiger partial charge in [0.15, 0.2) is 0 Å². The van der Waals surface area contributed by atoms with Crippen molar-refractivity contribution in [2.45, 2.75) is 38.4 Å². The lowest BCUT2D eigenvalue weighted by Crippen LogP contribution is -2.34. The second-order valence-electron chi connectivity index (χ2n) is 4.56. The summed E-state index contributed by atoms with van der Waals surface area (Å²) in [6.45, 7) is 1.71. The molecular formula is C13H17FN2O2. The maximum Gasteiger partial charge on any atom is 0.253 e. The van der Waals surface area contributed by atoms with Gasteiger partial charge in [-0.2, -0.15) is 0 Å². The first-order chi connectivity index (χ1) is 8.56. The summed E-state index contributed by atoms with van der Waals surface area (Å²) < 4.78 is 18.5. The van der Waals surface area contributed by atoms with Gasteiger partial charge in [-0.3, -0.25) is 4.79 Å².